The summed E-state index contributed by atoms with van der Waals surface area (Å²) in [5.74, 6) is -10.0. The van der Waals surface area contributed by atoms with E-state index in [-0.39, 0.29) is 76.1 Å². The molecule has 72 heavy (non-hydrogen) atoms. The molecular formula is C46H73FN12O13. The van der Waals surface area contributed by atoms with Gasteiger partial charge in [0.25, 0.3) is 0 Å². The van der Waals surface area contributed by atoms with Gasteiger partial charge in [0.2, 0.25) is 41.4 Å². The fraction of sp³-hybridized carbons (Fsp3) is 0.652. The van der Waals surface area contributed by atoms with Crippen LogP contribution in [0.4, 0.5) is 4.39 Å². The number of phenols is 1. The van der Waals surface area contributed by atoms with Gasteiger partial charge in [0, 0.05) is 26.2 Å². The Labute approximate surface area is 417 Å². The summed E-state index contributed by atoms with van der Waals surface area (Å²) in [5.41, 5.74) is 3.70. The smallest absolute Gasteiger partial charge is 0.320 e. The number of aliphatic carboxylic acids is 1. The van der Waals surface area contributed by atoms with Gasteiger partial charge in [-0.1, -0.05) is 40.2 Å². The van der Waals surface area contributed by atoms with Gasteiger partial charge in [-0.25, -0.2) is 4.39 Å². The second-order valence-electron chi connectivity index (χ2n) is 18.6. The van der Waals surface area contributed by atoms with E-state index in [4.69, 9.17) is 11.1 Å². The molecule has 3 rings (SSSR count). The van der Waals surface area contributed by atoms with Gasteiger partial charge in [0.15, 0.2) is 17.5 Å². The first kappa shape index (κ1) is 59.8. The lowest BCUT2D eigenvalue weighted by molar-refractivity contribution is -0.143. The number of guanidine groups is 1. The highest BCUT2D eigenvalue weighted by Gasteiger charge is 2.41. The molecule has 0 bridgehead atoms. The predicted octanol–water partition coefficient (Wildman–Crippen LogP) is -3.34. The lowest BCUT2D eigenvalue weighted by atomic mass is 9.90. The largest absolute Gasteiger partial charge is 0.505 e. The fourth-order valence-electron chi connectivity index (χ4n) is 8.33. The number of hydrogen-bond acceptors (Lipinski definition) is 15. The molecule has 1 aromatic rings. The summed E-state index contributed by atoms with van der Waals surface area (Å²) >= 11 is 0. The van der Waals surface area contributed by atoms with E-state index in [1.165, 1.54) is 11.0 Å². The van der Waals surface area contributed by atoms with Crippen molar-refractivity contribution >= 4 is 59.6 Å². The summed E-state index contributed by atoms with van der Waals surface area (Å²) in [4.78, 5) is 122. The Morgan fingerprint density at radius 2 is 1.76 bits per heavy atom. The molecule has 7 amide bonds. The number of nitrogens with one attached hydrogen (secondary N) is 10. The quantitative estimate of drug-likeness (QED) is 0.0212. The van der Waals surface area contributed by atoms with Crippen LogP contribution >= 0.6 is 0 Å². The van der Waals surface area contributed by atoms with Gasteiger partial charge in [-0.3, -0.25) is 49.1 Å². The lowest BCUT2D eigenvalue weighted by Crippen LogP contribution is -2.64. The number of likely N-dealkylation sites (tertiary alicyclic amines) is 1. The average molecular weight is 1020 g/mol. The highest BCUT2D eigenvalue weighted by Crippen LogP contribution is 2.23. The molecule has 25 nitrogen and oxygen atoms in total. The maximum Gasteiger partial charge on any atom is 0.320 e. The fourth-order valence-corrected chi connectivity index (χ4v) is 8.33. The molecule has 0 aromatic heterocycles. The summed E-state index contributed by atoms with van der Waals surface area (Å²) in [7, 11) is 0. The number of amides is 7. The number of phenolic OH excluding ortho intramolecular Hbond substituents is 1. The molecule has 402 valence electrons. The van der Waals surface area contributed by atoms with Crippen molar-refractivity contribution in [2.75, 3.05) is 39.3 Å². The van der Waals surface area contributed by atoms with Crippen molar-refractivity contribution in [3.8, 4) is 5.75 Å². The van der Waals surface area contributed by atoms with Crippen molar-refractivity contribution in [2.45, 2.75) is 140 Å². The Kier molecular flexibility index (Phi) is 24.2. The maximum atomic E-state index is 14.6. The van der Waals surface area contributed by atoms with Crippen molar-refractivity contribution in [3.63, 3.8) is 0 Å². The number of aldehydes is 1. The van der Waals surface area contributed by atoms with Crippen LogP contribution in [0.3, 0.4) is 0 Å². The summed E-state index contributed by atoms with van der Waals surface area (Å²) in [6, 6.07) is -4.24. The van der Waals surface area contributed by atoms with Crippen molar-refractivity contribution in [1.29, 1.82) is 5.41 Å². The first-order chi connectivity index (χ1) is 34.0. The molecule has 1 aromatic carbocycles. The first-order valence-corrected chi connectivity index (χ1v) is 24.1. The Morgan fingerprint density at radius 3 is 2.39 bits per heavy atom. The zero-order chi connectivity index (χ0) is 53.7. The monoisotopic (exact) mass is 1020 g/mol. The van der Waals surface area contributed by atoms with Crippen molar-refractivity contribution in [2.24, 2.45) is 17.6 Å². The van der Waals surface area contributed by atoms with Crippen LogP contribution in [0, 0.1) is 23.1 Å². The normalized spacial score (nSPS) is 23.7. The third-order valence-electron chi connectivity index (χ3n) is 12.7. The second kappa shape index (κ2) is 29.1. The zero-order valence-electron chi connectivity index (χ0n) is 41.2. The number of carbonyl (C=O) groups excluding carboxylic acids is 8. The second-order valence-corrected chi connectivity index (χ2v) is 18.6. The minimum atomic E-state index is -1.81. The molecule has 2 aliphatic rings. The van der Waals surface area contributed by atoms with Crippen molar-refractivity contribution in [3.05, 3.63) is 29.6 Å². The van der Waals surface area contributed by atoms with E-state index in [1.54, 1.807) is 27.7 Å². The molecule has 1 unspecified atom stereocenters. The number of nitrogens with zero attached hydrogens (tertiary/aromatic N) is 1. The molecule has 2 heterocycles. The first-order valence-electron chi connectivity index (χ1n) is 24.1. The summed E-state index contributed by atoms with van der Waals surface area (Å²) < 4.78 is 14.6. The molecule has 0 spiro atoms. The SMILES string of the molecule is CC[C@H](C)[C@H](NC(=O)CO)C(=O)N[C@@]1(C=O)CCCCNC(=O)C[C@@H](C(=O)N2CCC[C@H]2C(O)N[C@@H](CCCNC(=N)N)C(=O)O)NC(=O)CNC(=O)[C@H](C(C)C)NC(=O)[C@H](Cc2ccc(O)c(F)c2)NC1. The van der Waals surface area contributed by atoms with Crippen LogP contribution in [0.25, 0.3) is 0 Å². The predicted molar refractivity (Wildman–Crippen MR) is 257 cm³/mol. The van der Waals surface area contributed by atoms with Crippen LogP contribution < -0.4 is 53.6 Å². The van der Waals surface area contributed by atoms with E-state index in [1.807, 2.05) is 0 Å². The third-order valence-corrected chi connectivity index (χ3v) is 12.7. The number of rotatable bonds is 19. The van der Waals surface area contributed by atoms with Gasteiger partial charge in [-0.2, -0.15) is 0 Å². The average Bonchev–Trinajstić information content (AvgIpc) is 3.83. The number of benzene rings is 1. The van der Waals surface area contributed by atoms with Gasteiger partial charge < -0.3 is 78.4 Å². The molecule has 16 N–H and O–H groups in total. The van der Waals surface area contributed by atoms with Crippen LogP contribution in [-0.2, 0) is 49.6 Å². The highest BCUT2D eigenvalue weighted by atomic mass is 19.1. The Morgan fingerprint density at radius 1 is 1.04 bits per heavy atom. The minimum absolute atomic E-state index is 0.0201. The van der Waals surface area contributed by atoms with Crippen LogP contribution in [0.1, 0.15) is 91.0 Å². The number of nitrogens with two attached hydrogens (primary N) is 1. The summed E-state index contributed by atoms with van der Waals surface area (Å²) in [6.45, 7) is 4.78. The van der Waals surface area contributed by atoms with Crippen molar-refractivity contribution < 1.29 is 68.0 Å². The van der Waals surface area contributed by atoms with Crippen molar-refractivity contribution in [1.82, 2.24) is 52.8 Å². The topological polar surface area (TPSA) is 396 Å². The third kappa shape index (κ3) is 18.6. The van der Waals surface area contributed by atoms with Gasteiger partial charge in [-0.05, 0) is 80.9 Å². The van der Waals surface area contributed by atoms with E-state index in [0.717, 1.165) is 12.1 Å². The van der Waals surface area contributed by atoms with E-state index in [2.05, 4.69) is 47.9 Å². The Balaban J connectivity index is 1.99. The van der Waals surface area contributed by atoms with Gasteiger partial charge in [0.05, 0.1) is 25.0 Å². The van der Waals surface area contributed by atoms with E-state index < -0.39 is 145 Å². The molecular weight excluding hydrogens is 948 g/mol. The maximum absolute atomic E-state index is 14.6. The van der Waals surface area contributed by atoms with Gasteiger partial charge in [0.1, 0.15) is 48.8 Å². The van der Waals surface area contributed by atoms with Gasteiger partial charge >= 0.3 is 5.97 Å². The number of halogens is 1. The number of carboxylic acid groups (broad SMARTS) is 1. The molecule has 2 fully saturated rings. The molecule has 0 saturated carbocycles. The molecule has 0 aliphatic carbocycles. The van der Waals surface area contributed by atoms with Crippen LogP contribution in [0.15, 0.2) is 18.2 Å². The molecule has 26 heteroatoms. The molecule has 9 atom stereocenters. The minimum Gasteiger partial charge on any atom is -0.505 e. The highest BCUT2D eigenvalue weighted by molar-refractivity contribution is 5.95. The number of carboxylic acids is 1. The Hall–Kier alpha value is -6.51. The van der Waals surface area contributed by atoms with E-state index in [0.29, 0.717) is 19.1 Å². The van der Waals surface area contributed by atoms with Crippen LogP contribution in [-0.4, -0.2) is 172 Å². The molecule has 2 aliphatic heterocycles. The molecule has 0 radical (unpaired) electrons. The number of hydrogen-bond donors (Lipinski definition) is 15. The summed E-state index contributed by atoms with van der Waals surface area (Å²) in [6.07, 6.45) is -0.506. The zero-order valence-corrected chi connectivity index (χ0v) is 41.2. The number of aliphatic hydroxyl groups is 2. The molecule has 2 saturated heterocycles. The summed E-state index contributed by atoms with van der Waals surface area (Å²) in [5, 5.41) is 71.3. The van der Waals surface area contributed by atoms with Crippen LogP contribution in [0.5, 0.6) is 5.75 Å². The number of aromatic hydroxyl groups is 1. The van der Waals surface area contributed by atoms with E-state index >= 15 is 0 Å². The lowest BCUT2D eigenvalue weighted by Gasteiger charge is -2.35. The van der Waals surface area contributed by atoms with Gasteiger partial charge in [-0.15, -0.1) is 0 Å². The van der Waals surface area contributed by atoms with E-state index in [9.17, 15) is 68.0 Å². The standard InChI is InChI=1S/C46H73FN12O13/c1-5-26(4)38(56-36(65)22-60)42(69)58-46(24-61)14-6-7-15-50-34(63)20-31(43(70)59-17-9-11-32(59)40(67)55-29(44(71)72)10-8-16-51-45(48)49)54-35(64)21-52-41(68)37(25(2)3)57-39(66)30(53-23-46)19-27-12-13-33(62)28(47)18-27/h12-13,18,24-26,29-32,37-38,40,53,55,60,62,67H,5-11,14-17,19-23H2,1-4H3,(H,50,63)(H,52,68)(H,54,64)(H,56,65)(H,57,66)(H,58,69)(H,71,72)(H4,48,49,51)/t26-,29-,30-,31-,32-,37-,38-,40?,46-/m0/s1. The number of carbonyl (C=O) groups is 9. The van der Waals surface area contributed by atoms with Crippen LogP contribution in [0.2, 0.25) is 0 Å². The Bertz CT molecular complexity index is 2080. The number of aliphatic hydroxyl groups excluding tert-OH is 2.